The van der Waals surface area contributed by atoms with Gasteiger partial charge in [-0.1, -0.05) is 30.7 Å². The van der Waals surface area contributed by atoms with Crippen LogP contribution >= 0.6 is 0 Å². The lowest BCUT2D eigenvalue weighted by molar-refractivity contribution is -0.160. The fraction of sp³-hybridized carbons (Fsp3) is 0.286. The number of aliphatic hydroxyl groups excluding tert-OH is 3. The number of ketones is 2. The van der Waals surface area contributed by atoms with Gasteiger partial charge in [0.05, 0.1) is 17.4 Å². The van der Waals surface area contributed by atoms with Crippen LogP contribution in [0.15, 0.2) is 53.3 Å². The van der Waals surface area contributed by atoms with Crippen molar-refractivity contribution in [3.05, 3.63) is 70.0 Å². The fourth-order valence-corrected chi connectivity index (χ4v) is 5.95. The van der Waals surface area contributed by atoms with E-state index in [1.165, 1.54) is 12.1 Å². The van der Waals surface area contributed by atoms with Crippen LogP contribution in [0.5, 0.6) is 11.5 Å². The molecule has 208 valence electrons. The number of nitrogens with two attached hydrogens (primary N) is 1. The second-order valence-electron chi connectivity index (χ2n) is 10.2. The Hall–Kier alpha value is -4.68. The second-order valence-corrected chi connectivity index (χ2v) is 10.2. The van der Waals surface area contributed by atoms with Crippen molar-refractivity contribution in [2.75, 3.05) is 5.32 Å². The maximum absolute atomic E-state index is 13.7. The number of fused-ring (bicyclic) bond motifs is 3. The molecule has 0 spiro atoms. The number of phenolic OH excluding ortho intramolecular Hbond substituents is 1. The van der Waals surface area contributed by atoms with Crippen molar-refractivity contribution in [3.8, 4) is 11.5 Å². The summed E-state index contributed by atoms with van der Waals surface area (Å²) in [6, 6.07) is 9.44. The van der Waals surface area contributed by atoms with Crippen LogP contribution in [0.25, 0.3) is 5.76 Å². The molecule has 2 aromatic rings. The van der Waals surface area contributed by atoms with Crippen LogP contribution in [0.3, 0.4) is 0 Å². The highest BCUT2D eigenvalue weighted by Crippen LogP contribution is 2.56. The third-order valence-corrected chi connectivity index (χ3v) is 7.97. The molecular formula is C28H26N2O10. The van der Waals surface area contributed by atoms with Crippen LogP contribution in [0.1, 0.15) is 36.0 Å². The van der Waals surface area contributed by atoms with Crippen LogP contribution in [0.4, 0.5) is 10.5 Å². The molecule has 0 bridgehead atoms. The lowest BCUT2D eigenvalue weighted by Gasteiger charge is -2.50. The topological polar surface area (TPSA) is 217 Å². The van der Waals surface area contributed by atoms with Gasteiger partial charge in [0.2, 0.25) is 5.78 Å². The third kappa shape index (κ3) is 3.75. The van der Waals surface area contributed by atoms with E-state index in [0.717, 1.165) is 5.56 Å². The molecule has 0 saturated heterocycles. The number of carbonyl (C=O) groups is 4. The van der Waals surface area contributed by atoms with Crippen LogP contribution in [0, 0.1) is 18.8 Å². The average molecular weight is 551 g/mol. The summed E-state index contributed by atoms with van der Waals surface area (Å²) in [5.41, 5.74) is 1.59. The van der Waals surface area contributed by atoms with Crippen molar-refractivity contribution >= 4 is 35.0 Å². The van der Waals surface area contributed by atoms with Crippen molar-refractivity contribution < 1.29 is 49.4 Å². The van der Waals surface area contributed by atoms with Crippen molar-refractivity contribution in [3.63, 3.8) is 0 Å². The molecule has 1 saturated carbocycles. The largest absolute Gasteiger partial charge is 0.508 e. The SMILES string of the molecule is Cc1ccc(OC(=O)Nc2ccc3c(c2O)C(O)=C2C(=O)[C@]4(O)C(O)=C(C(N)=O)C(=O)C[C@@H]4[C@@H](O)[C@@H]2[C@H]3C)cc1. The first-order chi connectivity index (χ1) is 18.8. The Labute approximate surface area is 227 Å². The summed E-state index contributed by atoms with van der Waals surface area (Å²) in [5.74, 6) is -9.51. The molecule has 3 aliphatic rings. The number of hydrogen-bond donors (Lipinski definition) is 7. The molecule has 0 aromatic heterocycles. The Morgan fingerprint density at radius 2 is 1.73 bits per heavy atom. The molecule has 1 fully saturated rings. The Morgan fingerprint density at radius 3 is 2.35 bits per heavy atom. The normalized spacial score (nSPS) is 27.5. The van der Waals surface area contributed by atoms with Crippen LogP contribution in [0.2, 0.25) is 0 Å². The molecule has 5 rings (SSSR count). The van der Waals surface area contributed by atoms with E-state index in [-0.39, 0.29) is 17.0 Å². The van der Waals surface area contributed by atoms with Crippen molar-refractivity contribution in [1.82, 2.24) is 0 Å². The number of aromatic hydroxyl groups is 1. The number of nitrogens with one attached hydrogen (secondary N) is 1. The molecule has 0 radical (unpaired) electrons. The lowest BCUT2D eigenvalue weighted by Crippen LogP contribution is -2.63. The highest BCUT2D eigenvalue weighted by atomic mass is 16.6. The van der Waals surface area contributed by atoms with Gasteiger partial charge in [-0.3, -0.25) is 19.7 Å². The molecule has 12 heteroatoms. The number of rotatable bonds is 3. The van der Waals surface area contributed by atoms with E-state index in [9.17, 15) is 44.7 Å². The highest BCUT2D eigenvalue weighted by Gasteiger charge is 2.64. The van der Waals surface area contributed by atoms with Crippen LogP contribution < -0.4 is 15.8 Å². The first kappa shape index (κ1) is 26.9. The van der Waals surface area contributed by atoms with E-state index in [1.54, 1.807) is 31.2 Å². The monoisotopic (exact) mass is 550 g/mol. The first-order valence-corrected chi connectivity index (χ1v) is 12.4. The van der Waals surface area contributed by atoms with Gasteiger partial charge in [-0.15, -0.1) is 0 Å². The molecule has 5 atom stereocenters. The number of benzene rings is 2. The average Bonchev–Trinajstić information content (AvgIpc) is 2.89. The van der Waals surface area contributed by atoms with Crippen molar-refractivity contribution in [2.45, 2.75) is 37.9 Å². The fourth-order valence-electron chi connectivity index (χ4n) is 5.95. The van der Waals surface area contributed by atoms with Gasteiger partial charge >= 0.3 is 6.09 Å². The maximum Gasteiger partial charge on any atom is 0.417 e. The zero-order valence-electron chi connectivity index (χ0n) is 21.3. The summed E-state index contributed by atoms with van der Waals surface area (Å²) in [6.45, 7) is 3.46. The smallest absolute Gasteiger partial charge is 0.417 e. The number of hydrogen-bond acceptors (Lipinski definition) is 10. The van der Waals surface area contributed by atoms with Crippen LogP contribution in [-0.4, -0.2) is 60.8 Å². The van der Waals surface area contributed by atoms with E-state index in [0.29, 0.717) is 5.56 Å². The van der Waals surface area contributed by atoms with E-state index < -0.39 is 87.9 Å². The molecule has 0 heterocycles. The number of ether oxygens (including phenoxy) is 1. The van der Waals surface area contributed by atoms with Crippen molar-refractivity contribution in [2.24, 2.45) is 17.6 Å². The van der Waals surface area contributed by atoms with Crippen LogP contribution in [-0.2, 0) is 14.4 Å². The molecule has 2 aromatic carbocycles. The second kappa shape index (κ2) is 9.21. The molecule has 2 amide bonds. The predicted molar refractivity (Wildman–Crippen MR) is 138 cm³/mol. The highest BCUT2D eigenvalue weighted by molar-refractivity contribution is 6.23. The van der Waals surface area contributed by atoms with Gasteiger partial charge in [0.1, 0.15) is 28.6 Å². The Morgan fingerprint density at radius 1 is 1.07 bits per heavy atom. The van der Waals surface area contributed by atoms with Gasteiger partial charge < -0.3 is 36.0 Å². The van der Waals surface area contributed by atoms with Gasteiger partial charge in [-0.25, -0.2) is 4.79 Å². The minimum Gasteiger partial charge on any atom is -0.508 e. The maximum atomic E-state index is 13.7. The number of anilines is 1. The molecule has 8 N–H and O–H groups in total. The number of primary amides is 1. The Bertz CT molecular complexity index is 1560. The summed E-state index contributed by atoms with van der Waals surface area (Å²) in [7, 11) is 0. The Balaban J connectivity index is 1.58. The quantitative estimate of drug-likeness (QED) is 0.217. The minimum atomic E-state index is -2.93. The molecule has 40 heavy (non-hydrogen) atoms. The number of aryl methyl sites for hydroxylation is 1. The first-order valence-electron chi connectivity index (χ1n) is 12.4. The zero-order chi connectivity index (χ0) is 29.3. The standard InChI is InChI=1S/C28H26N2O10/c1-10-3-5-12(6-4-10)40-27(38)30-15-8-7-13-11(2)17-20(23(34)18(13)22(15)33)25(36)28(39)14(21(17)32)9-16(31)19(24(28)35)26(29)37/h3-8,11,14,17,21,32-35,39H,9H2,1-2H3,(H2,29,37)(H,30,38)/t11-,14+,17+,21+,28+/m0/s1. The number of phenols is 1. The van der Waals surface area contributed by atoms with Gasteiger partial charge in [-0.2, -0.15) is 0 Å². The summed E-state index contributed by atoms with van der Waals surface area (Å²) in [6.07, 6.45) is -3.24. The molecule has 0 unspecified atom stereocenters. The number of amides is 2. The summed E-state index contributed by atoms with van der Waals surface area (Å²) in [4.78, 5) is 50.5. The molecule has 0 aliphatic heterocycles. The summed E-state index contributed by atoms with van der Waals surface area (Å²) < 4.78 is 5.21. The lowest BCUT2D eigenvalue weighted by atomic mass is 9.55. The molecule has 12 nitrogen and oxygen atoms in total. The van der Waals surface area contributed by atoms with Gasteiger partial charge in [0.25, 0.3) is 5.91 Å². The van der Waals surface area contributed by atoms with Gasteiger partial charge in [0, 0.05) is 23.8 Å². The predicted octanol–water partition coefficient (Wildman–Crippen LogP) is 1.88. The third-order valence-electron chi connectivity index (χ3n) is 7.97. The van der Waals surface area contributed by atoms with Crippen molar-refractivity contribution in [1.29, 1.82) is 0 Å². The summed E-state index contributed by atoms with van der Waals surface area (Å²) in [5, 5.41) is 58.0. The van der Waals surface area contributed by atoms with E-state index >= 15 is 0 Å². The van der Waals surface area contributed by atoms with E-state index in [1.807, 2.05) is 6.92 Å². The molecular weight excluding hydrogens is 524 g/mol. The summed E-state index contributed by atoms with van der Waals surface area (Å²) >= 11 is 0. The number of Topliss-reactive ketones (excluding diaryl/α,β-unsaturated/α-hetero) is 2. The zero-order valence-corrected chi connectivity index (χ0v) is 21.3. The Kier molecular flexibility index (Phi) is 6.20. The minimum absolute atomic E-state index is 0.170. The molecule has 3 aliphatic carbocycles. The number of carbonyl (C=O) groups excluding carboxylic acids is 4. The van der Waals surface area contributed by atoms with E-state index in [2.05, 4.69) is 5.32 Å². The van der Waals surface area contributed by atoms with E-state index in [4.69, 9.17) is 10.5 Å². The van der Waals surface area contributed by atoms with Gasteiger partial charge in [-0.05, 0) is 36.6 Å². The number of aliphatic hydroxyl groups is 4. The van der Waals surface area contributed by atoms with Gasteiger partial charge in [0.15, 0.2) is 11.4 Å².